The fraction of sp³-hybridized carbons (Fsp3) is 0.438. The van der Waals surface area contributed by atoms with Crippen molar-refractivity contribution >= 4 is 5.97 Å². The molecule has 0 aliphatic carbocycles. The number of hydrogen-bond acceptors (Lipinski definition) is 4. The van der Waals surface area contributed by atoms with Crippen LogP contribution in [0, 0.1) is 5.92 Å². The van der Waals surface area contributed by atoms with E-state index in [4.69, 9.17) is 14.9 Å². The summed E-state index contributed by atoms with van der Waals surface area (Å²) in [5, 5.41) is 27.1. The molecule has 1 aromatic rings. The molecule has 0 spiro atoms. The third-order valence-electron chi connectivity index (χ3n) is 3.24. The first-order valence-corrected chi connectivity index (χ1v) is 6.87. The van der Waals surface area contributed by atoms with Crippen LogP contribution in [0.3, 0.4) is 0 Å². The Morgan fingerprint density at radius 3 is 2.57 bits per heavy atom. The van der Waals surface area contributed by atoms with Crippen LogP contribution in [0.15, 0.2) is 36.4 Å². The largest absolute Gasteiger partial charge is 0.496 e. The van der Waals surface area contributed by atoms with E-state index >= 15 is 0 Å². The average molecular weight is 294 g/mol. The zero-order valence-electron chi connectivity index (χ0n) is 12.1. The molecule has 0 bridgehead atoms. The number of para-hydroxylation sites is 1. The summed E-state index contributed by atoms with van der Waals surface area (Å²) < 4.78 is 5.28. The molecule has 116 valence electrons. The van der Waals surface area contributed by atoms with Crippen molar-refractivity contribution in [1.29, 1.82) is 0 Å². The number of allylic oxidation sites excluding steroid dienone is 1. The molecule has 0 aliphatic heterocycles. The van der Waals surface area contributed by atoms with Gasteiger partial charge in [-0.15, -0.1) is 0 Å². The van der Waals surface area contributed by atoms with Crippen molar-refractivity contribution < 1.29 is 24.9 Å². The van der Waals surface area contributed by atoms with Gasteiger partial charge in [0.15, 0.2) is 6.10 Å². The van der Waals surface area contributed by atoms with Crippen molar-refractivity contribution in [2.75, 3.05) is 13.7 Å². The number of carboxylic acids is 1. The molecular weight excluding hydrogens is 272 g/mol. The number of rotatable bonds is 9. The number of methoxy groups -OCH3 is 1. The lowest BCUT2D eigenvalue weighted by molar-refractivity contribution is -0.146. The number of benzene rings is 1. The third kappa shape index (κ3) is 5.97. The summed E-state index contributed by atoms with van der Waals surface area (Å²) in [6.07, 6.45) is 3.41. The minimum atomic E-state index is -1.37. The lowest BCUT2D eigenvalue weighted by atomic mass is 9.96. The number of hydrogen-bond donors (Lipinski definition) is 3. The van der Waals surface area contributed by atoms with Crippen LogP contribution in [-0.4, -0.2) is 41.1 Å². The molecule has 0 heterocycles. The predicted octanol–water partition coefficient (Wildman–Crippen LogP) is 1.63. The second kappa shape index (κ2) is 9.15. The van der Waals surface area contributed by atoms with Crippen LogP contribution in [0.5, 0.6) is 5.75 Å². The molecule has 1 rings (SSSR count). The van der Waals surface area contributed by atoms with E-state index in [2.05, 4.69) is 0 Å². The van der Waals surface area contributed by atoms with E-state index in [0.717, 1.165) is 11.3 Å². The Bertz CT molecular complexity index is 469. The minimum Gasteiger partial charge on any atom is -0.496 e. The van der Waals surface area contributed by atoms with Gasteiger partial charge < -0.3 is 20.1 Å². The number of ether oxygens (including phenoxy) is 1. The van der Waals surface area contributed by atoms with E-state index in [1.165, 1.54) is 0 Å². The number of aliphatic carboxylic acids is 1. The van der Waals surface area contributed by atoms with Crippen LogP contribution in [0.1, 0.15) is 18.4 Å². The first kappa shape index (κ1) is 17.2. The van der Waals surface area contributed by atoms with E-state index < -0.39 is 12.1 Å². The highest BCUT2D eigenvalue weighted by atomic mass is 16.5. The summed E-state index contributed by atoms with van der Waals surface area (Å²) in [6, 6.07) is 7.65. The van der Waals surface area contributed by atoms with Gasteiger partial charge in [-0.1, -0.05) is 30.4 Å². The molecule has 2 atom stereocenters. The van der Waals surface area contributed by atoms with E-state index in [0.29, 0.717) is 12.8 Å². The lowest BCUT2D eigenvalue weighted by Gasteiger charge is -2.14. The van der Waals surface area contributed by atoms with Gasteiger partial charge in [-0.3, -0.25) is 0 Å². The van der Waals surface area contributed by atoms with E-state index in [9.17, 15) is 9.90 Å². The second-order valence-electron chi connectivity index (χ2n) is 4.86. The van der Waals surface area contributed by atoms with Crippen molar-refractivity contribution in [2.24, 2.45) is 5.92 Å². The quantitative estimate of drug-likeness (QED) is 0.603. The Morgan fingerprint density at radius 2 is 1.95 bits per heavy atom. The molecule has 0 aromatic heterocycles. The van der Waals surface area contributed by atoms with Gasteiger partial charge in [0.05, 0.1) is 7.11 Å². The molecule has 5 heteroatoms. The highest BCUT2D eigenvalue weighted by molar-refractivity contribution is 5.72. The maximum atomic E-state index is 10.5. The molecule has 3 N–H and O–H groups in total. The topological polar surface area (TPSA) is 87.0 Å². The molecule has 0 fully saturated rings. The van der Waals surface area contributed by atoms with Crippen molar-refractivity contribution in [3.8, 4) is 5.75 Å². The highest BCUT2D eigenvalue weighted by Gasteiger charge is 2.12. The fourth-order valence-corrected chi connectivity index (χ4v) is 2.02. The standard InChI is InChI=1S/C16H22O5/c1-21-15-9-5-3-7-13(15)10-12(11-17)6-2-4-8-14(18)16(19)20/h2-5,7,9,12,14,17-18H,6,8,10-11H2,1H3,(H,19,20). The maximum absolute atomic E-state index is 10.5. The SMILES string of the molecule is COc1ccccc1CC(CO)CC=CCC(O)C(=O)O. The Kier molecular flexibility index (Phi) is 7.50. The number of aliphatic hydroxyl groups is 2. The highest BCUT2D eigenvalue weighted by Crippen LogP contribution is 2.22. The summed E-state index contributed by atoms with van der Waals surface area (Å²) in [5.74, 6) is -0.409. The fourth-order valence-electron chi connectivity index (χ4n) is 2.02. The van der Waals surface area contributed by atoms with Crippen LogP contribution < -0.4 is 4.74 Å². The number of carbonyl (C=O) groups is 1. The van der Waals surface area contributed by atoms with Crippen LogP contribution in [-0.2, 0) is 11.2 Å². The summed E-state index contributed by atoms with van der Waals surface area (Å²) in [6.45, 7) is 0.0316. The summed E-state index contributed by atoms with van der Waals surface area (Å²) >= 11 is 0. The van der Waals surface area contributed by atoms with Gasteiger partial charge in [-0.05, 0) is 30.4 Å². The van der Waals surface area contributed by atoms with Crippen LogP contribution in [0.4, 0.5) is 0 Å². The van der Waals surface area contributed by atoms with Crippen molar-refractivity contribution in [3.63, 3.8) is 0 Å². The van der Waals surface area contributed by atoms with E-state index in [-0.39, 0.29) is 18.9 Å². The van der Waals surface area contributed by atoms with Crippen molar-refractivity contribution in [3.05, 3.63) is 42.0 Å². The average Bonchev–Trinajstić information content (AvgIpc) is 2.50. The normalized spacial score (nSPS) is 14.0. The second-order valence-corrected chi connectivity index (χ2v) is 4.86. The molecule has 2 unspecified atom stereocenters. The molecule has 5 nitrogen and oxygen atoms in total. The molecule has 0 saturated heterocycles. The van der Waals surface area contributed by atoms with E-state index in [1.807, 2.05) is 24.3 Å². The molecule has 21 heavy (non-hydrogen) atoms. The summed E-state index contributed by atoms with van der Waals surface area (Å²) in [7, 11) is 1.61. The molecule has 0 aliphatic rings. The minimum absolute atomic E-state index is 0.0273. The molecule has 0 saturated carbocycles. The lowest BCUT2D eigenvalue weighted by Crippen LogP contribution is -2.18. The third-order valence-corrected chi connectivity index (χ3v) is 3.24. The van der Waals surface area contributed by atoms with Gasteiger partial charge in [0, 0.05) is 13.0 Å². The Balaban J connectivity index is 2.52. The van der Waals surface area contributed by atoms with Crippen molar-refractivity contribution in [1.82, 2.24) is 0 Å². The Hall–Kier alpha value is -1.85. The number of aliphatic hydroxyl groups excluding tert-OH is 2. The predicted molar refractivity (Wildman–Crippen MR) is 79.3 cm³/mol. The Morgan fingerprint density at radius 1 is 1.29 bits per heavy atom. The monoisotopic (exact) mass is 294 g/mol. The smallest absolute Gasteiger partial charge is 0.332 e. The molecule has 0 radical (unpaired) electrons. The zero-order valence-corrected chi connectivity index (χ0v) is 12.1. The summed E-state index contributed by atoms with van der Waals surface area (Å²) in [5.41, 5.74) is 1.03. The molecule has 1 aromatic carbocycles. The van der Waals surface area contributed by atoms with Gasteiger partial charge in [0.1, 0.15) is 5.75 Å². The van der Waals surface area contributed by atoms with Gasteiger partial charge in [-0.25, -0.2) is 4.79 Å². The first-order chi connectivity index (χ1) is 10.1. The Labute approximate surface area is 124 Å². The van der Waals surface area contributed by atoms with Gasteiger partial charge in [0.2, 0.25) is 0 Å². The van der Waals surface area contributed by atoms with Crippen LogP contribution >= 0.6 is 0 Å². The van der Waals surface area contributed by atoms with Gasteiger partial charge >= 0.3 is 5.97 Å². The van der Waals surface area contributed by atoms with Gasteiger partial charge in [-0.2, -0.15) is 0 Å². The zero-order chi connectivity index (χ0) is 15.7. The van der Waals surface area contributed by atoms with Crippen molar-refractivity contribution in [2.45, 2.75) is 25.4 Å². The first-order valence-electron chi connectivity index (χ1n) is 6.87. The molecular formula is C16H22O5. The van der Waals surface area contributed by atoms with E-state index in [1.54, 1.807) is 19.3 Å². The van der Waals surface area contributed by atoms with Crippen LogP contribution in [0.25, 0.3) is 0 Å². The van der Waals surface area contributed by atoms with Crippen LogP contribution in [0.2, 0.25) is 0 Å². The summed E-state index contributed by atoms with van der Waals surface area (Å²) in [4.78, 5) is 10.5. The maximum Gasteiger partial charge on any atom is 0.332 e. The van der Waals surface area contributed by atoms with Gasteiger partial charge in [0.25, 0.3) is 0 Å². The molecule has 0 amide bonds. The number of carboxylic acid groups (broad SMARTS) is 1.